The van der Waals surface area contributed by atoms with Gasteiger partial charge in [0.25, 0.3) is 20.2 Å². The number of carbonyl (C=O) groups is 2. The lowest BCUT2D eigenvalue weighted by molar-refractivity contribution is -0.288. The van der Waals surface area contributed by atoms with Crippen molar-refractivity contribution in [1.29, 1.82) is 0 Å². The maximum Gasteiger partial charge on any atom is 0.411 e. The molecule has 0 heterocycles. The topological polar surface area (TPSA) is 171 Å². The third kappa shape index (κ3) is 12.4. The monoisotopic (exact) mass is 1090 g/mol. The fourth-order valence-corrected chi connectivity index (χ4v) is 9.89. The van der Waals surface area contributed by atoms with E-state index >= 15 is 26.3 Å². The van der Waals surface area contributed by atoms with Crippen LogP contribution in [0.5, 0.6) is 28.7 Å². The van der Waals surface area contributed by atoms with Crippen molar-refractivity contribution in [2.24, 2.45) is 0 Å². The van der Waals surface area contributed by atoms with Crippen molar-refractivity contribution in [2.75, 3.05) is 6.61 Å². The minimum atomic E-state index is -5.86. The van der Waals surface area contributed by atoms with E-state index in [0.717, 1.165) is 58.7 Å². The Labute approximate surface area is 438 Å². The number of ketones is 2. The van der Waals surface area contributed by atoms with Crippen LogP contribution in [0.15, 0.2) is 192 Å². The average Bonchev–Trinajstić information content (AvgIpc) is 3.51. The Bertz CT molecular complexity index is 3660. The van der Waals surface area contributed by atoms with Gasteiger partial charge in [0.1, 0.15) is 28.7 Å². The van der Waals surface area contributed by atoms with Crippen LogP contribution in [0.1, 0.15) is 70.8 Å². The minimum Gasteiger partial charge on any atom is -0.493 e. The zero-order valence-corrected chi connectivity index (χ0v) is 42.2. The standard InChI is InChI=1S/C58H44F6O11S2/c1-36-3-8-40(9-4-36)54(65)42-13-22-47(23-14-42)74-49-26-18-45(19-27-49)56(57(59,60)61,58(62,63)64)46-20-28-50(29-21-46)75-48-24-15-43(16-25-48)55(66)41-11-6-38(7-12-41)34-44-10-5-37(2)33-52(44)73-32-31-39-17-30-51(76(67,68)69)35-53(39)77(70,71)72/h3-30,33,35H,31-32,34H2,1-2H3,(H,67,68,69)(H,70,71,72). The van der Waals surface area contributed by atoms with E-state index < -0.39 is 58.9 Å². The normalized spacial score (nSPS) is 12.2. The quantitative estimate of drug-likeness (QED) is 0.0476. The lowest BCUT2D eigenvalue weighted by Crippen LogP contribution is -2.54. The van der Waals surface area contributed by atoms with Gasteiger partial charge < -0.3 is 14.2 Å². The molecule has 0 aliphatic carbocycles. The molecule has 0 spiro atoms. The lowest BCUT2D eigenvalue weighted by Gasteiger charge is -2.38. The number of hydrogen-bond donors (Lipinski definition) is 2. The van der Waals surface area contributed by atoms with Gasteiger partial charge in [0, 0.05) is 35.1 Å². The van der Waals surface area contributed by atoms with Crippen molar-refractivity contribution in [3.63, 3.8) is 0 Å². The lowest BCUT2D eigenvalue weighted by atomic mass is 9.73. The molecule has 396 valence electrons. The molecule has 0 aromatic heterocycles. The van der Waals surface area contributed by atoms with E-state index in [4.69, 9.17) is 14.2 Å². The molecule has 2 N–H and O–H groups in total. The first-order chi connectivity index (χ1) is 36.3. The summed E-state index contributed by atoms with van der Waals surface area (Å²) in [5.74, 6) is 0.0369. The van der Waals surface area contributed by atoms with Crippen LogP contribution < -0.4 is 14.2 Å². The third-order valence-corrected chi connectivity index (χ3v) is 14.3. The Balaban J connectivity index is 0.906. The predicted molar refractivity (Wildman–Crippen MR) is 273 cm³/mol. The Morgan fingerprint density at radius 1 is 0.468 bits per heavy atom. The first-order valence-corrected chi connectivity index (χ1v) is 26.1. The number of alkyl halides is 6. The maximum absolute atomic E-state index is 15.0. The molecule has 0 unspecified atom stereocenters. The molecule has 8 rings (SSSR count). The van der Waals surface area contributed by atoms with Gasteiger partial charge in [0.05, 0.1) is 16.4 Å². The van der Waals surface area contributed by atoms with Crippen LogP contribution in [-0.4, -0.2) is 56.5 Å². The van der Waals surface area contributed by atoms with Gasteiger partial charge >= 0.3 is 12.4 Å². The number of rotatable bonds is 18. The fourth-order valence-electron chi connectivity index (χ4n) is 8.54. The summed E-state index contributed by atoms with van der Waals surface area (Å²) in [5, 5.41) is 0. The first kappa shape index (κ1) is 55.1. The van der Waals surface area contributed by atoms with Crippen molar-refractivity contribution in [3.05, 3.63) is 243 Å². The van der Waals surface area contributed by atoms with Crippen LogP contribution in [0, 0.1) is 13.8 Å². The maximum atomic E-state index is 15.0. The van der Waals surface area contributed by atoms with Gasteiger partial charge in [0.15, 0.2) is 11.6 Å². The van der Waals surface area contributed by atoms with Gasteiger partial charge in [-0.2, -0.15) is 43.2 Å². The summed E-state index contributed by atoms with van der Waals surface area (Å²) < 4.78 is 174. The molecule has 0 atom stereocenters. The largest absolute Gasteiger partial charge is 0.493 e. The molecule has 0 saturated heterocycles. The highest BCUT2D eigenvalue weighted by atomic mass is 32.2. The number of hydrogen-bond acceptors (Lipinski definition) is 9. The summed E-state index contributed by atoms with van der Waals surface area (Å²) in [6, 6.07) is 40.4. The number of aryl methyl sites for hydroxylation is 2. The van der Waals surface area contributed by atoms with E-state index in [1.54, 1.807) is 54.6 Å². The molecule has 0 amide bonds. The van der Waals surface area contributed by atoms with E-state index in [-0.39, 0.29) is 58.7 Å². The van der Waals surface area contributed by atoms with Crippen molar-refractivity contribution in [2.45, 2.75) is 54.2 Å². The summed E-state index contributed by atoms with van der Waals surface area (Å²) in [4.78, 5) is 25.0. The first-order valence-electron chi connectivity index (χ1n) is 23.3. The predicted octanol–water partition coefficient (Wildman–Crippen LogP) is 13.5. The van der Waals surface area contributed by atoms with E-state index in [0.29, 0.717) is 59.2 Å². The Hall–Kier alpha value is -8.10. The number of benzene rings is 8. The number of ether oxygens (including phenoxy) is 3. The number of halogens is 6. The third-order valence-electron chi connectivity index (χ3n) is 12.5. The minimum absolute atomic E-state index is 0.0510. The molecule has 0 saturated carbocycles. The molecule has 8 aromatic rings. The van der Waals surface area contributed by atoms with Crippen LogP contribution in [0.2, 0.25) is 0 Å². The average molecular weight is 1100 g/mol. The second kappa shape index (κ2) is 21.9. The number of carbonyl (C=O) groups excluding carboxylic acids is 2. The van der Waals surface area contributed by atoms with Gasteiger partial charge in [-0.3, -0.25) is 18.7 Å². The molecule has 11 nitrogen and oxygen atoms in total. The molecular formula is C58H44F6O11S2. The molecule has 8 aromatic carbocycles. The summed E-state index contributed by atoms with van der Waals surface area (Å²) in [6.45, 7) is 3.64. The van der Waals surface area contributed by atoms with Crippen LogP contribution in [-0.2, 0) is 38.5 Å². The smallest absolute Gasteiger partial charge is 0.411 e. The van der Waals surface area contributed by atoms with Crippen LogP contribution in [0.4, 0.5) is 26.3 Å². The highest BCUT2D eigenvalue weighted by Gasteiger charge is 2.72. The van der Waals surface area contributed by atoms with Crippen LogP contribution in [0.25, 0.3) is 0 Å². The highest BCUT2D eigenvalue weighted by Crippen LogP contribution is 2.56. The van der Waals surface area contributed by atoms with Crippen LogP contribution in [0.3, 0.4) is 0 Å². The summed E-state index contributed by atoms with van der Waals surface area (Å²) >= 11 is 0. The zero-order valence-electron chi connectivity index (χ0n) is 40.6. The second-order valence-corrected chi connectivity index (χ2v) is 20.7. The van der Waals surface area contributed by atoms with Crippen molar-refractivity contribution < 1.29 is 76.1 Å². The molecule has 77 heavy (non-hydrogen) atoms. The SMILES string of the molecule is Cc1ccc(C(=O)c2ccc(Oc3ccc(C(c4ccc(Oc5ccc(C(=O)c6ccc(Cc7ccc(C)cc7OCCc7ccc(S(=O)(=O)O)cc7S(=O)(=O)O)cc6)cc5)cc4)(C(F)(F)F)C(F)(F)F)cc3)cc2)cc1. The molecule has 0 fully saturated rings. The van der Waals surface area contributed by atoms with E-state index in [1.807, 2.05) is 26.0 Å². The second-order valence-electron chi connectivity index (χ2n) is 17.9. The molecule has 19 heteroatoms. The van der Waals surface area contributed by atoms with E-state index in [1.165, 1.54) is 48.5 Å². The Morgan fingerprint density at radius 2 is 0.857 bits per heavy atom. The van der Waals surface area contributed by atoms with E-state index in [2.05, 4.69) is 0 Å². The van der Waals surface area contributed by atoms with Gasteiger partial charge in [-0.25, -0.2) is 0 Å². The molecule has 0 bridgehead atoms. The molecule has 0 radical (unpaired) electrons. The summed E-state index contributed by atoms with van der Waals surface area (Å²) in [6.07, 6.45) is -11.4. The molecular weight excluding hydrogens is 1050 g/mol. The fraction of sp³-hybridized carbons (Fsp3) is 0.138. The van der Waals surface area contributed by atoms with E-state index in [9.17, 15) is 35.5 Å². The molecule has 0 aliphatic rings. The van der Waals surface area contributed by atoms with Crippen molar-refractivity contribution in [3.8, 4) is 28.7 Å². The van der Waals surface area contributed by atoms with Gasteiger partial charge in [-0.05, 0) is 138 Å². The van der Waals surface area contributed by atoms with Crippen LogP contribution >= 0.6 is 0 Å². The Morgan fingerprint density at radius 3 is 1.27 bits per heavy atom. The molecule has 0 aliphatic heterocycles. The van der Waals surface area contributed by atoms with Gasteiger partial charge in [0.2, 0.25) is 5.41 Å². The summed E-state index contributed by atoms with van der Waals surface area (Å²) in [5.41, 5.74) is -1.89. The Kier molecular flexibility index (Phi) is 15.7. The highest BCUT2D eigenvalue weighted by molar-refractivity contribution is 7.86. The van der Waals surface area contributed by atoms with Gasteiger partial charge in [-0.15, -0.1) is 0 Å². The summed E-state index contributed by atoms with van der Waals surface area (Å²) in [7, 11) is -9.61. The van der Waals surface area contributed by atoms with Gasteiger partial charge in [-0.1, -0.05) is 96.6 Å². The van der Waals surface area contributed by atoms with Crippen molar-refractivity contribution >= 4 is 31.8 Å². The zero-order chi connectivity index (χ0) is 55.5. The van der Waals surface area contributed by atoms with Crippen molar-refractivity contribution in [1.82, 2.24) is 0 Å².